The molecule has 1 fully saturated rings. The fourth-order valence-electron chi connectivity index (χ4n) is 3.25. The van der Waals surface area contributed by atoms with E-state index in [1.165, 1.54) is 12.0 Å². The molecule has 0 bridgehead atoms. The first-order valence-electron chi connectivity index (χ1n) is 7.52. The second-order valence-electron chi connectivity index (χ2n) is 6.30. The number of hydrogen-bond acceptors (Lipinski definition) is 5. The Morgan fingerprint density at radius 2 is 2.14 bits per heavy atom. The van der Waals surface area contributed by atoms with Crippen LogP contribution in [-0.2, 0) is 14.3 Å². The molecule has 6 heteroatoms. The van der Waals surface area contributed by atoms with Crippen LogP contribution in [0, 0.1) is 5.92 Å². The van der Waals surface area contributed by atoms with E-state index in [1.807, 2.05) is 6.08 Å². The van der Waals surface area contributed by atoms with Gasteiger partial charge in [-0.2, -0.15) is 0 Å². The van der Waals surface area contributed by atoms with Crippen molar-refractivity contribution in [2.75, 3.05) is 20.2 Å². The normalized spacial score (nSPS) is 32.5. The van der Waals surface area contributed by atoms with Gasteiger partial charge in [0.05, 0.1) is 12.6 Å². The predicted molar refractivity (Wildman–Crippen MR) is 75.5 cm³/mol. The number of fused-ring (bicyclic) bond motifs is 1. The van der Waals surface area contributed by atoms with Crippen molar-refractivity contribution in [2.45, 2.75) is 51.0 Å². The van der Waals surface area contributed by atoms with Crippen LogP contribution in [0.5, 0.6) is 0 Å². The molecule has 21 heavy (non-hydrogen) atoms. The smallest absolute Gasteiger partial charge is 0.346 e. The standard InChI is InChI=1S/C15H25NO5/c1-9(2)15(19,10(3)20-4)14(18)21-12-6-8-16-7-5-11(17)13(12)16/h6,9-11,13,17,19H,5,7-8H2,1-4H3/p+1/t10-,11-,13-,15+/m0/s1. The lowest BCUT2D eigenvalue weighted by Crippen LogP contribution is -3.12. The van der Waals surface area contributed by atoms with Crippen LogP contribution in [0.1, 0.15) is 27.2 Å². The molecule has 2 rings (SSSR count). The fourth-order valence-corrected chi connectivity index (χ4v) is 3.25. The fraction of sp³-hybridized carbons (Fsp3) is 0.800. The van der Waals surface area contributed by atoms with Gasteiger partial charge in [0.15, 0.2) is 17.4 Å². The number of methoxy groups -OCH3 is 1. The van der Waals surface area contributed by atoms with E-state index >= 15 is 0 Å². The van der Waals surface area contributed by atoms with Crippen molar-refractivity contribution in [3.05, 3.63) is 11.8 Å². The lowest BCUT2D eigenvalue weighted by molar-refractivity contribution is -0.898. The third-order valence-electron chi connectivity index (χ3n) is 4.85. The quantitative estimate of drug-likeness (QED) is 0.560. The second-order valence-corrected chi connectivity index (χ2v) is 6.30. The molecule has 0 aromatic carbocycles. The Bertz CT molecular complexity index is 436. The molecule has 2 heterocycles. The Hall–Kier alpha value is -0.950. The van der Waals surface area contributed by atoms with Crippen molar-refractivity contribution in [1.29, 1.82) is 0 Å². The minimum Gasteiger partial charge on any atom is -0.422 e. The number of carbonyl (C=O) groups excluding carboxylic acids is 1. The molecular weight excluding hydrogens is 274 g/mol. The summed E-state index contributed by atoms with van der Waals surface area (Å²) in [7, 11) is 1.45. The predicted octanol–water partition coefficient (Wildman–Crippen LogP) is -1.13. The Kier molecular flexibility index (Phi) is 4.72. The third kappa shape index (κ3) is 2.73. The van der Waals surface area contributed by atoms with E-state index in [9.17, 15) is 15.0 Å². The van der Waals surface area contributed by atoms with Crippen LogP contribution >= 0.6 is 0 Å². The Balaban J connectivity index is 2.13. The number of carbonyl (C=O) groups is 1. The summed E-state index contributed by atoms with van der Waals surface area (Å²) < 4.78 is 10.6. The number of aliphatic hydroxyl groups is 2. The maximum absolute atomic E-state index is 12.5. The van der Waals surface area contributed by atoms with Gasteiger partial charge in [0.25, 0.3) is 0 Å². The van der Waals surface area contributed by atoms with E-state index < -0.39 is 23.8 Å². The van der Waals surface area contributed by atoms with Crippen LogP contribution in [0.3, 0.4) is 0 Å². The van der Waals surface area contributed by atoms with Gasteiger partial charge in [0, 0.05) is 19.6 Å². The summed E-state index contributed by atoms with van der Waals surface area (Å²) in [5.74, 6) is -0.584. The zero-order chi connectivity index (χ0) is 15.8. The molecule has 0 radical (unpaired) electrons. The summed E-state index contributed by atoms with van der Waals surface area (Å²) in [6.45, 7) is 6.76. The van der Waals surface area contributed by atoms with Crippen LogP contribution in [-0.4, -0.2) is 60.2 Å². The molecule has 0 spiro atoms. The molecule has 0 aliphatic carbocycles. The van der Waals surface area contributed by atoms with Gasteiger partial charge in [-0.25, -0.2) is 4.79 Å². The highest BCUT2D eigenvalue weighted by molar-refractivity contribution is 5.81. The molecule has 2 aliphatic rings. The monoisotopic (exact) mass is 300 g/mol. The summed E-state index contributed by atoms with van der Waals surface area (Å²) in [5, 5.41) is 20.7. The molecule has 5 atom stereocenters. The molecular formula is C15H26NO5+. The molecule has 0 aromatic heterocycles. The van der Waals surface area contributed by atoms with Crippen molar-refractivity contribution in [3.8, 4) is 0 Å². The van der Waals surface area contributed by atoms with Gasteiger partial charge in [0.1, 0.15) is 12.6 Å². The zero-order valence-corrected chi connectivity index (χ0v) is 13.1. The molecule has 2 aliphatic heterocycles. The van der Waals surface area contributed by atoms with E-state index in [4.69, 9.17) is 9.47 Å². The van der Waals surface area contributed by atoms with Crippen molar-refractivity contribution in [1.82, 2.24) is 0 Å². The van der Waals surface area contributed by atoms with Crippen molar-refractivity contribution < 1.29 is 29.4 Å². The highest BCUT2D eigenvalue weighted by Gasteiger charge is 2.50. The van der Waals surface area contributed by atoms with Gasteiger partial charge in [-0.15, -0.1) is 0 Å². The van der Waals surface area contributed by atoms with E-state index in [2.05, 4.69) is 0 Å². The summed E-state index contributed by atoms with van der Waals surface area (Å²) in [6.07, 6.45) is 1.37. The van der Waals surface area contributed by atoms with Crippen LogP contribution in [0.25, 0.3) is 0 Å². The van der Waals surface area contributed by atoms with E-state index in [0.29, 0.717) is 12.2 Å². The van der Waals surface area contributed by atoms with E-state index in [-0.39, 0.29) is 12.0 Å². The molecule has 0 amide bonds. The number of hydrogen-bond donors (Lipinski definition) is 3. The lowest BCUT2D eigenvalue weighted by Gasteiger charge is -2.34. The number of aliphatic hydroxyl groups excluding tert-OH is 1. The van der Waals surface area contributed by atoms with E-state index in [1.54, 1.807) is 20.8 Å². The summed E-state index contributed by atoms with van der Waals surface area (Å²) in [5.41, 5.74) is -1.71. The lowest BCUT2D eigenvalue weighted by atomic mass is 9.85. The van der Waals surface area contributed by atoms with Gasteiger partial charge in [-0.1, -0.05) is 13.8 Å². The SMILES string of the molecule is CO[C@@H](C)[C@@](O)(C(=O)OC1=CC[NH+]2CC[C@H](O)[C@@H]12)C(C)C. The van der Waals surface area contributed by atoms with E-state index in [0.717, 1.165) is 13.1 Å². The molecule has 6 nitrogen and oxygen atoms in total. The highest BCUT2D eigenvalue weighted by Crippen LogP contribution is 2.27. The van der Waals surface area contributed by atoms with Crippen molar-refractivity contribution in [2.24, 2.45) is 5.92 Å². The zero-order valence-electron chi connectivity index (χ0n) is 13.1. The van der Waals surface area contributed by atoms with Crippen molar-refractivity contribution in [3.63, 3.8) is 0 Å². The topological polar surface area (TPSA) is 80.4 Å². The van der Waals surface area contributed by atoms with Gasteiger partial charge in [-0.3, -0.25) is 0 Å². The number of ether oxygens (including phenoxy) is 2. The first-order chi connectivity index (χ1) is 9.82. The Morgan fingerprint density at radius 1 is 1.48 bits per heavy atom. The molecule has 3 N–H and O–H groups in total. The second kappa shape index (κ2) is 6.04. The third-order valence-corrected chi connectivity index (χ3v) is 4.85. The largest absolute Gasteiger partial charge is 0.422 e. The molecule has 0 aromatic rings. The summed E-state index contributed by atoms with van der Waals surface area (Å²) in [4.78, 5) is 13.7. The molecule has 1 unspecified atom stereocenters. The van der Waals surface area contributed by atoms with Gasteiger partial charge < -0.3 is 24.6 Å². The van der Waals surface area contributed by atoms with Crippen LogP contribution in [0.2, 0.25) is 0 Å². The average molecular weight is 300 g/mol. The number of rotatable bonds is 5. The maximum atomic E-state index is 12.5. The van der Waals surface area contributed by atoms with Crippen LogP contribution in [0.4, 0.5) is 0 Å². The number of quaternary nitrogens is 1. The van der Waals surface area contributed by atoms with Gasteiger partial charge in [-0.05, 0) is 12.8 Å². The minimum absolute atomic E-state index is 0.191. The van der Waals surface area contributed by atoms with Gasteiger partial charge in [0.2, 0.25) is 0 Å². The molecule has 0 saturated carbocycles. The summed E-state index contributed by atoms with van der Waals surface area (Å²) in [6, 6.07) is -0.191. The average Bonchev–Trinajstić information content (AvgIpc) is 3.01. The molecule has 120 valence electrons. The molecule has 1 saturated heterocycles. The Labute approximate surface area is 125 Å². The number of esters is 1. The first kappa shape index (κ1) is 16.4. The van der Waals surface area contributed by atoms with Crippen LogP contribution in [0.15, 0.2) is 11.8 Å². The maximum Gasteiger partial charge on any atom is 0.346 e. The first-order valence-corrected chi connectivity index (χ1v) is 7.52. The van der Waals surface area contributed by atoms with Gasteiger partial charge >= 0.3 is 5.97 Å². The minimum atomic E-state index is -1.71. The van der Waals surface area contributed by atoms with Crippen LogP contribution < -0.4 is 4.90 Å². The highest BCUT2D eigenvalue weighted by atomic mass is 16.6. The van der Waals surface area contributed by atoms with Crippen molar-refractivity contribution >= 4 is 5.97 Å². The number of nitrogens with one attached hydrogen (secondary N) is 1. The Morgan fingerprint density at radius 3 is 2.71 bits per heavy atom. The summed E-state index contributed by atoms with van der Waals surface area (Å²) >= 11 is 0.